The zero-order chi connectivity index (χ0) is 19.3. The van der Waals surface area contributed by atoms with Crippen LogP contribution in [0.25, 0.3) is 0 Å². The number of nitrogens with one attached hydrogen (secondary N) is 2. The molecule has 0 saturated carbocycles. The van der Waals surface area contributed by atoms with Crippen molar-refractivity contribution in [3.8, 4) is 0 Å². The number of rotatable bonds is 7. The lowest BCUT2D eigenvalue weighted by molar-refractivity contribution is -0.385. The number of nitrogens with zero attached hydrogens (tertiary/aromatic N) is 3. The molecule has 0 atom stereocenters. The summed E-state index contributed by atoms with van der Waals surface area (Å²) in [5.74, 6) is -0.920. The van der Waals surface area contributed by atoms with Crippen molar-refractivity contribution in [2.24, 2.45) is 0 Å². The average Bonchev–Trinajstić information content (AvgIpc) is 3.02. The van der Waals surface area contributed by atoms with Gasteiger partial charge in [0, 0.05) is 36.5 Å². The Balaban J connectivity index is 2.32. The second kappa shape index (κ2) is 8.24. The van der Waals surface area contributed by atoms with Crippen molar-refractivity contribution >= 4 is 23.2 Å². The summed E-state index contributed by atoms with van der Waals surface area (Å²) in [4.78, 5) is 35.4. The summed E-state index contributed by atoms with van der Waals surface area (Å²) < 4.78 is 1.54. The van der Waals surface area contributed by atoms with E-state index in [0.29, 0.717) is 13.1 Å². The molecule has 138 valence electrons. The van der Waals surface area contributed by atoms with Crippen LogP contribution in [-0.2, 0) is 6.54 Å². The molecular weight excluding hydrogens is 338 g/mol. The molecule has 0 aliphatic carbocycles. The number of hydrogen-bond donors (Lipinski definition) is 2. The number of benzene rings is 1. The monoisotopic (exact) mass is 359 g/mol. The lowest BCUT2D eigenvalue weighted by atomic mass is 10.1. The Morgan fingerprint density at radius 2 is 2.00 bits per heavy atom. The first-order valence-electron chi connectivity index (χ1n) is 8.30. The topological polar surface area (TPSA) is 119 Å². The van der Waals surface area contributed by atoms with Gasteiger partial charge in [0.1, 0.15) is 0 Å². The minimum atomic E-state index is -0.537. The SMILES string of the molecule is CCCNC(=O)c1nn(CC)cc1NC(=O)c1cccc([N+](=O)[O-])c1C. The maximum Gasteiger partial charge on any atom is 0.273 e. The molecule has 0 aliphatic rings. The predicted octanol–water partition coefficient (Wildman–Crippen LogP) is 2.51. The number of carbonyl (C=O) groups is 2. The van der Waals surface area contributed by atoms with Gasteiger partial charge in [0.05, 0.1) is 10.6 Å². The maximum atomic E-state index is 12.6. The van der Waals surface area contributed by atoms with Crippen LogP contribution in [0.1, 0.15) is 46.7 Å². The van der Waals surface area contributed by atoms with E-state index in [9.17, 15) is 19.7 Å². The Morgan fingerprint density at radius 1 is 1.27 bits per heavy atom. The Kier molecular flexibility index (Phi) is 6.05. The molecule has 9 nitrogen and oxygen atoms in total. The highest BCUT2D eigenvalue weighted by Crippen LogP contribution is 2.23. The van der Waals surface area contributed by atoms with Gasteiger partial charge in [0.25, 0.3) is 17.5 Å². The molecule has 0 unspecified atom stereocenters. The van der Waals surface area contributed by atoms with Gasteiger partial charge in [-0.05, 0) is 26.3 Å². The number of amides is 2. The first-order chi connectivity index (χ1) is 12.4. The molecule has 1 heterocycles. The van der Waals surface area contributed by atoms with Crippen LogP contribution in [-0.4, -0.2) is 33.1 Å². The molecule has 2 amide bonds. The standard InChI is InChI=1S/C17H21N5O4/c1-4-9-18-17(24)15-13(10-21(5-2)20-15)19-16(23)12-7-6-8-14(11(12)3)22(25)26/h6-8,10H,4-5,9H2,1-3H3,(H,18,24)(H,19,23). The molecule has 1 aromatic heterocycles. The number of anilines is 1. The van der Waals surface area contributed by atoms with Crippen LogP contribution in [0.4, 0.5) is 11.4 Å². The number of nitro groups is 1. The van der Waals surface area contributed by atoms with Gasteiger partial charge in [-0.25, -0.2) is 0 Å². The van der Waals surface area contributed by atoms with E-state index >= 15 is 0 Å². The molecule has 0 bridgehead atoms. The Labute approximate surface area is 150 Å². The van der Waals surface area contributed by atoms with Crippen molar-refractivity contribution < 1.29 is 14.5 Å². The van der Waals surface area contributed by atoms with E-state index in [1.807, 2.05) is 13.8 Å². The molecule has 0 fully saturated rings. The number of aromatic nitrogens is 2. The predicted molar refractivity (Wildman–Crippen MR) is 96.3 cm³/mol. The lowest BCUT2D eigenvalue weighted by Gasteiger charge is -2.08. The van der Waals surface area contributed by atoms with E-state index in [-0.39, 0.29) is 34.1 Å². The van der Waals surface area contributed by atoms with Crippen molar-refractivity contribution in [2.45, 2.75) is 33.7 Å². The molecule has 0 spiro atoms. The Bertz CT molecular complexity index is 844. The smallest absolute Gasteiger partial charge is 0.273 e. The van der Waals surface area contributed by atoms with Crippen LogP contribution in [0.15, 0.2) is 24.4 Å². The zero-order valence-corrected chi connectivity index (χ0v) is 14.9. The molecule has 2 rings (SSSR count). The van der Waals surface area contributed by atoms with Crippen molar-refractivity contribution in [3.63, 3.8) is 0 Å². The van der Waals surface area contributed by atoms with E-state index in [4.69, 9.17) is 0 Å². The molecule has 9 heteroatoms. The van der Waals surface area contributed by atoms with Gasteiger partial charge < -0.3 is 10.6 Å². The van der Waals surface area contributed by atoms with E-state index in [1.54, 1.807) is 6.20 Å². The van der Waals surface area contributed by atoms with E-state index in [1.165, 1.54) is 29.8 Å². The second-order valence-corrected chi connectivity index (χ2v) is 5.66. The minimum absolute atomic E-state index is 0.108. The fourth-order valence-electron chi connectivity index (χ4n) is 2.42. The maximum absolute atomic E-state index is 12.6. The molecule has 2 N–H and O–H groups in total. The molecule has 1 aromatic carbocycles. The van der Waals surface area contributed by atoms with Crippen LogP contribution in [0, 0.1) is 17.0 Å². The summed E-state index contributed by atoms with van der Waals surface area (Å²) in [7, 11) is 0. The largest absolute Gasteiger partial charge is 0.351 e. The number of carbonyl (C=O) groups excluding carboxylic acids is 2. The molecule has 0 radical (unpaired) electrons. The van der Waals surface area contributed by atoms with E-state index in [2.05, 4.69) is 15.7 Å². The molecule has 26 heavy (non-hydrogen) atoms. The average molecular weight is 359 g/mol. The van der Waals surface area contributed by atoms with Crippen molar-refractivity contribution in [1.82, 2.24) is 15.1 Å². The highest BCUT2D eigenvalue weighted by Gasteiger charge is 2.22. The normalized spacial score (nSPS) is 10.4. The van der Waals surface area contributed by atoms with Gasteiger partial charge in [-0.2, -0.15) is 5.10 Å². The summed E-state index contributed by atoms with van der Waals surface area (Å²) in [6.07, 6.45) is 2.33. The van der Waals surface area contributed by atoms with Gasteiger partial charge in [-0.3, -0.25) is 24.4 Å². The van der Waals surface area contributed by atoms with Crippen molar-refractivity contribution in [2.75, 3.05) is 11.9 Å². The lowest BCUT2D eigenvalue weighted by Crippen LogP contribution is -2.26. The molecule has 0 aliphatic heterocycles. The summed E-state index contributed by atoms with van der Waals surface area (Å²) in [6, 6.07) is 4.29. The molecular formula is C17H21N5O4. The van der Waals surface area contributed by atoms with Gasteiger partial charge in [-0.15, -0.1) is 0 Å². The third-order valence-electron chi connectivity index (χ3n) is 3.83. The minimum Gasteiger partial charge on any atom is -0.351 e. The number of nitro benzene ring substituents is 1. The first-order valence-corrected chi connectivity index (χ1v) is 8.30. The van der Waals surface area contributed by atoms with Gasteiger partial charge in [-0.1, -0.05) is 13.0 Å². The highest BCUT2D eigenvalue weighted by molar-refractivity contribution is 6.09. The fourth-order valence-corrected chi connectivity index (χ4v) is 2.42. The third kappa shape index (κ3) is 4.05. The van der Waals surface area contributed by atoms with Gasteiger partial charge >= 0.3 is 0 Å². The number of hydrogen-bond acceptors (Lipinski definition) is 5. The molecule has 0 saturated heterocycles. The van der Waals surface area contributed by atoms with Crippen molar-refractivity contribution in [1.29, 1.82) is 0 Å². The third-order valence-corrected chi connectivity index (χ3v) is 3.83. The van der Waals surface area contributed by atoms with Crippen LogP contribution in [0.3, 0.4) is 0 Å². The number of aryl methyl sites for hydroxylation is 1. The highest BCUT2D eigenvalue weighted by atomic mass is 16.6. The summed E-state index contributed by atoms with van der Waals surface area (Å²) >= 11 is 0. The quantitative estimate of drug-likeness (QED) is 0.581. The first kappa shape index (κ1) is 19.1. The fraction of sp³-hybridized carbons (Fsp3) is 0.353. The van der Waals surface area contributed by atoms with Gasteiger partial charge in [0.15, 0.2) is 5.69 Å². The Morgan fingerprint density at radius 3 is 2.62 bits per heavy atom. The molecule has 2 aromatic rings. The second-order valence-electron chi connectivity index (χ2n) is 5.66. The zero-order valence-electron chi connectivity index (χ0n) is 14.9. The van der Waals surface area contributed by atoms with Crippen molar-refractivity contribution in [3.05, 3.63) is 51.3 Å². The Hall–Kier alpha value is -3.23. The van der Waals surface area contributed by atoms with Gasteiger partial charge in [0.2, 0.25) is 0 Å². The van der Waals surface area contributed by atoms with Crippen LogP contribution in [0.5, 0.6) is 0 Å². The van der Waals surface area contributed by atoms with E-state index < -0.39 is 10.8 Å². The van der Waals surface area contributed by atoms with Crippen LogP contribution in [0.2, 0.25) is 0 Å². The summed E-state index contributed by atoms with van der Waals surface area (Å²) in [5.41, 5.74) is 0.661. The summed E-state index contributed by atoms with van der Waals surface area (Å²) in [6.45, 7) is 6.32. The van der Waals surface area contributed by atoms with E-state index in [0.717, 1.165) is 6.42 Å². The van der Waals surface area contributed by atoms with Crippen LogP contribution < -0.4 is 10.6 Å². The summed E-state index contributed by atoms with van der Waals surface area (Å²) in [5, 5.41) is 20.6. The van der Waals surface area contributed by atoms with Crippen LogP contribution >= 0.6 is 0 Å².